The van der Waals surface area contributed by atoms with Crippen LogP contribution >= 0.6 is 11.6 Å². The van der Waals surface area contributed by atoms with Gasteiger partial charge in [-0.25, -0.2) is 22.2 Å². The molecule has 0 radical (unpaired) electrons. The summed E-state index contributed by atoms with van der Waals surface area (Å²) in [6, 6.07) is 1.93. The Balaban J connectivity index is 2.40. The number of hydrogen-bond donors (Lipinski definition) is 0. The fraction of sp³-hybridized carbons (Fsp3) is 0.417. The second-order valence-electron chi connectivity index (χ2n) is 4.55. The van der Waals surface area contributed by atoms with Gasteiger partial charge in [-0.2, -0.15) is 0 Å². The van der Waals surface area contributed by atoms with E-state index in [0.717, 1.165) is 12.3 Å². The number of aromatic nitrogens is 2. The first kappa shape index (κ1) is 15.2. The molecular weight excluding hydrogens is 310 g/mol. The van der Waals surface area contributed by atoms with E-state index in [4.69, 9.17) is 11.6 Å². The fourth-order valence-corrected chi connectivity index (χ4v) is 2.89. The lowest BCUT2D eigenvalue weighted by molar-refractivity contribution is 0.586. The SMILES string of the molecule is CS(=O)(=O)CCCn1c(CCl)nc2c(F)cc(F)cc21. The molecule has 0 unspecified atom stereocenters. The van der Waals surface area contributed by atoms with Gasteiger partial charge >= 0.3 is 0 Å². The van der Waals surface area contributed by atoms with E-state index in [0.29, 0.717) is 12.2 Å². The molecule has 110 valence electrons. The molecule has 0 saturated carbocycles. The Kier molecular flexibility index (Phi) is 4.29. The molecule has 0 spiro atoms. The minimum atomic E-state index is -3.08. The van der Waals surface area contributed by atoms with Gasteiger partial charge in [0.15, 0.2) is 5.82 Å². The van der Waals surface area contributed by atoms with E-state index in [1.807, 2.05) is 0 Å². The molecule has 0 atom stereocenters. The van der Waals surface area contributed by atoms with E-state index in [-0.39, 0.29) is 29.2 Å². The van der Waals surface area contributed by atoms with E-state index in [2.05, 4.69) is 4.98 Å². The standard InChI is InChI=1S/C12H13ClF2N2O2S/c1-20(18,19)4-2-3-17-10-6-8(14)5-9(15)12(10)16-11(17)7-13/h5-6H,2-4,7H2,1H3. The molecule has 0 aliphatic rings. The summed E-state index contributed by atoms with van der Waals surface area (Å²) in [7, 11) is -3.08. The van der Waals surface area contributed by atoms with Crippen molar-refractivity contribution in [1.29, 1.82) is 0 Å². The molecule has 0 amide bonds. The highest BCUT2D eigenvalue weighted by Gasteiger charge is 2.15. The van der Waals surface area contributed by atoms with Crippen molar-refractivity contribution in [1.82, 2.24) is 9.55 Å². The molecular formula is C12H13ClF2N2O2S. The van der Waals surface area contributed by atoms with Gasteiger partial charge in [-0.05, 0) is 12.5 Å². The van der Waals surface area contributed by atoms with Crippen LogP contribution in [0.5, 0.6) is 0 Å². The summed E-state index contributed by atoms with van der Waals surface area (Å²) in [5.74, 6) is -1.05. The highest BCUT2D eigenvalue weighted by Crippen LogP contribution is 2.22. The third-order valence-corrected chi connectivity index (χ3v) is 4.14. The molecule has 0 aliphatic heterocycles. The summed E-state index contributed by atoms with van der Waals surface area (Å²) >= 11 is 5.75. The Morgan fingerprint density at radius 2 is 2.05 bits per heavy atom. The number of benzene rings is 1. The van der Waals surface area contributed by atoms with Gasteiger partial charge in [0.05, 0.1) is 17.1 Å². The first-order valence-corrected chi connectivity index (χ1v) is 8.49. The van der Waals surface area contributed by atoms with Gasteiger partial charge < -0.3 is 4.57 Å². The Bertz CT molecular complexity index is 743. The van der Waals surface area contributed by atoms with E-state index >= 15 is 0 Å². The quantitative estimate of drug-likeness (QED) is 0.795. The van der Waals surface area contributed by atoms with Crippen LogP contribution < -0.4 is 0 Å². The summed E-state index contributed by atoms with van der Waals surface area (Å²) in [6.45, 7) is 0.286. The van der Waals surface area contributed by atoms with Crippen LogP contribution in [-0.4, -0.2) is 30.0 Å². The topological polar surface area (TPSA) is 52.0 Å². The molecule has 4 nitrogen and oxygen atoms in total. The third kappa shape index (κ3) is 3.27. The average molecular weight is 323 g/mol. The van der Waals surface area contributed by atoms with Crippen molar-refractivity contribution in [2.75, 3.05) is 12.0 Å². The van der Waals surface area contributed by atoms with Crippen molar-refractivity contribution < 1.29 is 17.2 Å². The van der Waals surface area contributed by atoms with Crippen LogP contribution in [0, 0.1) is 11.6 Å². The second kappa shape index (κ2) is 5.65. The van der Waals surface area contributed by atoms with Crippen LogP contribution in [0.25, 0.3) is 11.0 Å². The van der Waals surface area contributed by atoms with Crippen molar-refractivity contribution in [3.05, 3.63) is 29.6 Å². The van der Waals surface area contributed by atoms with Crippen LogP contribution in [0.15, 0.2) is 12.1 Å². The zero-order chi connectivity index (χ0) is 14.9. The van der Waals surface area contributed by atoms with Crippen molar-refractivity contribution >= 4 is 32.5 Å². The lowest BCUT2D eigenvalue weighted by Gasteiger charge is -2.07. The van der Waals surface area contributed by atoms with Gasteiger partial charge in [-0.15, -0.1) is 11.6 Å². The first-order valence-electron chi connectivity index (χ1n) is 5.89. The molecule has 2 aromatic rings. The van der Waals surface area contributed by atoms with Crippen molar-refractivity contribution in [2.45, 2.75) is 18.8 Å². The summed E-state index contributed by atoms with van der Waals surface area (Å²) in [4.78, 5) is 4.03. The Hall–Kier alpha value is -1.21. The summed E-state index contributed by atoms with van der Waals surface area (Å²) in [5.41, 5.74) is 0.327. The molecule has 0 saturated heterocycles. The molecule has 0 bridgehead atoms. The van der Waals surface area contributed by atoms with Crippen LogP contribution in [0.1, 0.15) is 12.2 Å². The van der Waals surface area contributed by atoms with E-state index in [1.165, 1.54) is 6.07 Å². The highest BCUT2D eigenvalue weighted by atomic mass is 35.5. The van der Waals surface area contributed by atoms with Gasteiger partial charge in [0.1, 0.15) is 27.0 Å². The van der Waals surface area contributed by atoms with Crippen LogP contribution in [-0.2, 0) is 22.3 Å². The third-order valence-electron chi connectivity index (χ3n) is 2.87. The number of alkyl halides is 1. The van der Waals surface area contributed by atoms with E-state index in [1.54, 1.807) is 4.57 Å². The first-order chi connectivity index (χ1) is 9.31. The number of aryl methyl sites for hydroxylation is 1. The molecule has 8 heteroatoms. The number of rotatable bonds is 5. The number of hydrogen-bond acceptors (Lipinski definition) is 3. The maximum Gasteiger partial charge on any atom is 0.153 e. The zero-order valence-electron chi connectivity index (χ0n) is 10.7. The molecule has 1 aromatic heterocycles. The normalized spacial score (nSPS) is 12.2. The molecule has 2 rings (SSSR count). The molecule has 0 N–H and O–H groups in total. The number of imidazole rings is 1. The van der Waals surface area contributed by atoms with Crippen LogP contribution in [0.2, 0.25) is 0 Å². The van der Waals surface area contributed by atoms with E-state index < -0.39 is 21.5 Å². The smallest absolute Gasteiger partial charge is 0.153 e. The van der Waals surface area contributed by atoms with Gasteiger partial charge in [-0.1, -0.05) is 0 Å². The van der Waals surface area contributed by atoms with Crippen LogP contribution in [0.4, 0.5) is 8.78 Å². The van der Waals surface area contributed by atoms with Crippen LogP contribution in [0.3, 0.4) is 0 Å². The summed E-state index contributed by atoms with van der Waals surface area (Å²) in [5, 5.41) is 0. The maximum absolute atomic E-state index is 13.6. The number of sulfone groups is 1. The molecule has 1 aromatic carbocycles. The second-order valence-corrected chi connectivity index (χ2v) is 7.08. The predicted octanol–water partition coefficient (Wildman–Crippen LogP) is 2.49. The van der Waals surface area contributed by atoms with Gasteiger partial charge in [0.25, 0.3) is 0 Å². The maximum atomic E-state index is 13.6. The molecule has 0 fully saturated rings. The fourth-order valence-electron chi connectivity index (χ4n) is 2.03. The lowest BCUT2D eigenvalue weighted by Crippen LogP contribution is -2.09. The minimum absolute atomic E-state index is 0.00774. The predicted molar refractivity (Wildman–Crippen MR) is 73.5 cm³/mol. The Labute approximate surface area is 120 Å². The van der Waals surface area contributed by atoms with Crippen molar-refractivity contribution in [2.24, 2.45) is 0 Å². The largest absolute Gasteiger partial charge is 0.327 e. The number of halogens is 3. The Morgan fingerprint density at radius 1 is 1.35 bits per heavy atom. The molecule has 1 heterocycles. The van der Waals surface area contributed by atoms with Gasteiger partial charge in [-0.3, -0.25) is 0 Å². The average Bonchev–Trinajstić information content (AvgIpc) is 2.66. The lowest BCUT2D eigenvalue weighted by atomic mass is 10.3. The van der Waals surface area contributed by atoms with Gasteiger partial charge in [0, 0.05) is 18.9 Å². The van der Waals surface area contributed by atoms with Gasteiger partial charge in [0.2, 0.25) is 0 Å². The minimum Gasteiger partial charge on any atom is -0.327 e. The Morgan fingerprint density at radius 3 is 2.65 bits per heavy atom. The molecule has 0 aliphatic carbocycles. The molecule has 20 heavy (non-hydrogen) atoms. The summed E-state index contributed by atoms with van der Waals surface area (Å²) < 4.78 is 50.7. The van der Waals surface area contributed by atoms with E-state index in [9.17, 15) is 17.2 Å². The number of fused-ring (bicyclic) bond motifs is 1. The van der Waals surface area contributed by atoms with Crippen molar-refractivity contribution in [3.63, 3.8) is 0 Å². The summed E-state index contributed by atoms with van der Waals surface area (Å²) in [6.07, 6.45) is 1.47. The highest BCUT2D eigenvalue weighted by molar-refractivity contribution is 7.90. The van der Waals surface area contributed by atoms with Crippen molar-refractivity contribution in [3.8, 4) is 0 Å². The monoisotopic (exact) mass is 322 g/mol. The number of nitrogens with zero attached hydrogens (tertiary/aromatic N) is 2. The zero-order valence-corrected chi connectivity index (χ0v) is 12.3.